The zero-order valence-corrected chi connectivity index (χ0v) is 12.2. The predicted molar refractivity (Wildman–Crippen MR) is 83.3 cm³/mol. The number of rotatable bonds is 3. The number of nitrogens with zero attached hydrogens (tertiary/aromatic N) is 3. The number of hydrogen-bond donors (Lipinski definition) is 1. The number of aromatic nitrogens is 3. The SMILES string of the molecule is NC(Cc1cn2ccsc2n1)c1cnc2ccsc2c1. The molecule has 6 heteroatoms. The third-order valence-corrected chi connectivity index (χ3v) is 4.95. The van der Waals surface area contributed by atoms with Crippen LogP contribution in [0.5, 0.6) is 0 Å². The van der Waals surface area contributed by atoms with Gasteiger partial charge in [-0.25, -0.2) is 4.98 Å². The van der Waals surface area contributed by atoms with Crippen LogP contribution in [-0.4, -0.2) is 14.4 Å². The maximum absolute atomic E-state index is 6.30. The minimum Gasteiger partial charge on any atom is -0.324 e. The van der Waals surface area contributed by atoms with Gasteiger partial charge in [0.05, 0.1) is 15.9 Å². The van der Waals surface area contributed by atoms with E-state index >= 15 is 0 Å². The first-order valence-electron chi connectivity index (χ1n) is 6.29. The molecule has 0 saturated carbocycles. The van der Waals surface area contributed by atoms with E-state index in [4.69, 9.17) is 5.73 Å². The average molecular weight is 300 g/mol. The van der Waals surface area contributed by atoms with Gasteiger partial charge in [0.15, 0.2) is 4.96 Å². The topological polar surface area (TPSA) is 56.2 Å². The highest BCUT2D eigenvalue weighted by Crippen LogP contribution is 2.23. The van der Waals surface area contributed by atoms with Crippen molar-refractivity contribution in [1.29, 1.82) is 0 Å². The van der Waals surface area contributed by atoms with Crippen molar-refractivity contribution in [3.05, 3.63) is 52.7 Å². The van der Waals surface area contributed by atoms with E-state index in [1.165, 1.54) is 4.70 Å². The van der Waals surface area contributed by atoms with Gasteiger partial charge in [0.1, 0.15) is 0 Å². The maximum atomic E-state index is 6.30. The molecule has 0 spiro atoms. The molecule has 4 nitrogen and oxygen atoms in total. The molecular formula is C14H12N4S2. The summed E-state index contributed by atoms with van der Waals surface area (Å²) < 4.78 is 3.22. The number of hydrogen-bond acceptors (Lipinski definition) is 5. The molecule has 1 unspecified atom stereocenters. The van der Waals surface area contributed by atoms with Crippen LogP contribution in [0.4, 0.5) is 0 Å². The van der Waals surface area contributed by atoms with Crippen LogP contribution in [0.25, 0.3) is 15.2 Å². The molecule has 0 bridgehead atoms. The van der Waals surface area contributed by atoms with Crippen LogP contribution >= 0.6 is 22.7 Å². The van der Waals surface area contributed by atoms with Crippen molar-refractivity contribution in [2.75, 3.05) is 0 Å². The van der Waals surface area contributed by atoms with Crippen LogP contribution in [0.3, 0.4) is 0 Å². The average Bonchev–Trinajstić information content (AvgIpc) is 3.11. The highest BCUT2D eigenvalue weighted by Gasteiger charge is 2.12. The highest BCUT2D eigenvalue weighted by atomic mass is 32.1. The molecule has 4 aromatic heterocycles. The van der Waals surface area contributed by atoms with Crippen molar-refractivity contribution in [2.45, 2.75) is 12.5 Å². The second kappa shape index (κ2) is 4.66. The number of nitrogens with two attached hydrogens (primary N) is 1. The van der Waals surface area contributed by atoms with Gasteiger partial charge in [-0.1, -0.05) is 0 Å². The molecular weight excluding hydrogens is 288 g/mol. The summed E-state index contributed by atoms with van der Waals surface area (Å²) >= 11 is 3.33. The lowest BCUT2D eigenvalue weighted by molar-refractivity contribution is 0.708. The minimum absolute atomic E-state index is 0.0707. The van der Waals surface area contributed by atoms with Gasteiger partial charge in [0.25, 0.3) is 0 Å². The fourth-order valence-electron chi connectivity index (χ4n) is 2.28. The minimum atomic E-state index is -0.0707. The van der Waals surface area contributed by atoms with Gasteiger partial charge >= 0.3 is 0 Å². The summed E-state index contributed by atoms with van der Waals surface area (Å²) in [4.78, 5) is 10.0. The number of thiazole rings is 1. The molecule has 1 atom stereocenters. The molecule has 100 valence electrons. The van der Waals surface area contributed by atoms with E-state index in [9.17, 15) is 0 Å². The second-order valence-electron chi connectivity index (χ2n) is 4.71. The summed E-state index contributed by atoms with van der Waals surface area (Å²) in [5.74, 6) is 0. The van der Waals surface area contributed by atoms with E-state index in [0.29, 0.717) is 0 Å². The van der Waals surface area contributed by atoms with Crippen molar-refractivity contribution in [1.82, 2.24) is 14.4 Å². The predicted octanol–water partition coefficient (Wildman–Crippen LogP) is 3.25. The summed E-state index contributed by atoms with van der Waals surface area (Å²) in [5, 5.41) is 4.08. The van der Waals surface area contributed by atoms with E-state index in [2.05, 4.69) is 21.4 Å². The van der Waals surface area contributed by atoms with Gasteiger partial charge in [-0.3, -0.25) is 9.38 Å². The molecule has 0 amide bonds. The lowest BCUT2D eigenvalue weighted by Gasteiger charge is -2.09. The molecule has 20 heavy (non-hydrogen) atoms. The van der Waals surface area contributed by atoms with Crippen LogP contribution in [0, 0.1) is 0 Å². The fourth-order valence-corrected chi connectivity index (χ4v) is 3.79. The first-order valence-corrected chi connectivity index (χ1v) is 8.05. The summed E-state index contributed by atoms with van der Waals surface area (Å²) in [6.45, 7) is 0. The van der Waals surface area contributed by atoms with Crippen LogP contribution in [0.15, 0.2) is 41.5 Å². The largest absolute Gasteiger partial charge is 0.324 e. The maximum Gasteiger partial charge on any atom is 0.193 e. The number of fused-ring (bicyclic) bond motifs is 2. The molecule has 4 heterocycles. The first kappa shape index (κ1) is 12.0. The first-order chi connectivity index (χ1) is 9.79. The molecule has 0 fully saturated rings. The van der Waals surface area contributed by atoms with E-state index in [1.54, 1.807) is 22.7 Å². The normalized spacial score (nSPS) is 13.2. The van der Waals surface area contributed by atoms with Crippen molar-refractivity contribution in [3.63, 3.8) is 0 Å². The number of thiophene rings is 1. The van der Waals surface area contributed by atoms with E-state index in [1.807, 2.05) is 34.4 Å². The van der Waals surface area contributed by atoms with E-state index in [0.717, 1.165) is 28.2 Å². The van der Waals surface area contributed by atoms with Crippen LogP contribution < -0.4 is 5.73 Å². The fraction of sp³-hybridized carbons (Fsp3) is 0.143. The number of imidazole rings is 1. The summed E-state index contributed by atoms with van der Waals surface area (Å²) in [7, 11) is 0. The Morgan fingerprint density at radius 3 is 3.15 bits per heavy atom. The Hall–Kier alpha value is -1.76. The van der Waals surface area contributed by atoms with Crippen LogP contribution in [0.2, 0.25) is 0 Å². The zero-order chi connectivity index (χ0) is 13.5. The lowest BCUT2D eigenvalue weighted by atomic mass is 10.1. The Labute approximate surface area is 123 Å². The molecule has 0 aromatic carbocycles. The Kier molecular flexibility index (Phi) is 2.80. The smallest absolute Gasteiger partial charge is 0.193 e. The van der Waals surface area contributed by atoms with Crippen LogP contribution in [0.1, 0.15) is 17.3 Å². The summed E-state index contributed by atoms with van der Waals surface area (Å²) in [6, 6.07) is 4.09. The van der Waals surface area contributed by atoms with Gasteiger partial charge in [-0.2, -0.15) is 0 Å². The molecule has 0 saturated heterocycles. The zero-order valence-electron chi connectivity index (χ0n) is 10.6. The third kappa shape index (κ3) is 2.02. The molecule has 0 aliphatic carbocycles. The lowest BCUT2D eigenvalue weighted by Crippen LogP contribution is -2.13. The highest BCUT2D eigenvalue weighted by molar-refractivity contribution is 7.17. The van der Waals surface area contributed by atoms with Gasteiger partial charge < -0.3 is 5.73 Å². The van der Waals surface area contributed by atoms with Crippen molar-refractivity contribution in [3.8, 4) is 0 Å². The summed E-state index contributed by atoms with van der Waals surface area (Å²) in [6.07, 6.45) is 6.66. The Balaban J connectivity index is 1.62. The monoisotopic (exact) mass is 300 g/mol. The third-order valence-electron chi connectivity index (χ3n) is 3.32. The molecule has 4 rings (SSSR count). The molecule has 2 N–H and O–H groups in total. The Morgan fingerprint density at radius 1 is 1.30 bits per heavy atom. The van der Waals surface area contributed by atoms with Crippen molar-refractivity contribution in [2.24, 2.45) is 5.73 Å². The van der Waals surface area contributed by atoms with Gasteiger partial charge in [-0.15, -0.1) is 22.7 Å². The second-order valence-corrected chi connectivity index (χ2v) is 6.53. The Morgan fingerprint density at radius 2 is 2.25 bits per heavy atom. The van der Waals surface area contributed by atoms with E-state index in [-0.39, 0.29) is 6.04 Å². The standard InChI is InChI=1S/C14H12N4S2/c15-11(6-10-8-18-2-4-20-14(18)17-10)9-5-13-12(16-7-9)1-3-19-13/h1-5,7-8,11H,6,15H2. The Bertz CT molecular complexity index is 845. The van der Waals surface area contributed by atoms with Crippen molar-refractivity contribution < 1.29 is 0 Å². The summed E-state index contributed by atoms with van der Waals surface area (Å²) in [5.41, 5.74) is 9.42. The van der Waals surface area contributed by atoms with Crippen LogP contribution in [-0.2, 0) is 6.42 Å². The molecule has 4 aromatic rings. The van der Waals surface area contributed by atoms with Crippen molar-refractivity contribution >= 4 is 37.9 Å². The van der Waals surface area contributed by atoms with E-state index < -0.39 is 0 Å². The quantitative estimate of drug-likeness (QED) is 0.632. The molecule has 0 radical (unpaired) electrons. The van der Waals surface area contributed by atoms with Gasteiger partial charge in [0, 0.05) is 36.4 Å². The van der Waals surface area contributed by atoms with Gasteiger partial charge in [0.2, 0.25) is 0 Å². The molecule has 0 aliphatic rings. The molecule has 0 aliphatic heterocycles. The van der Waals surface area contributed by atoms with Gasteiger partial charge in [-0.05, 0) is 23.1 Å². The number of pyridine rings is 1.